The highest BCUT2D eigenvalue weighted by Gasteiger charge is 2.03. The number of carboxylic acid groups (broad SMARTS) is 1. The van der Waals surface area contributed by atoms with E-state index in [0.29, 0.717) is 16.7 Å². The van der Waals surface area contributed by atoms with Crippen molar-refractivity contribution < 1.29 is 14.7 Å². The maximum Gasteiger partial charge on any atom is 0.319 e. The fourth-order valence-electron chi connectivity index (χ4n) is 1.68. The number of hydrogen-bond donors (Lipinski definition) is 4. The Morgan fingerprint density at radius 1 is 1.22 bits per heavy atom. The highest BCUT2D eigenvalue weighted by molar-refractivity contribution is 7.15. The molecule has 0 saturated heterocycles. The van der Waals surface area contributed by atoms with Crippen LogP contribution in [0.1, 0.15) is 11.3 Å². The van der Waals surface area contributed by atoms with Crippen LogP contribution in [0.4, 0.5) is 16.2 Å². The minimum atomic E-state index is -0.956. The molecule has 0 aliphatic heterocycles. The summed E-state index contributed by atoms with van der Waals surface area (Å²) in [6, 6.07) is 6.72. The van der Waals surface area contributed by atoms with Crippen LogP contribution in [-0.2, 0) is 11.3 Å². The van der Waals surface area contributed by atoms with Gasteiger partial charge in [-0.25, -0.2) is 9.78 Å². The fourth-order valence-corrected chi connectivity index (χ4v) is 2.60. The lowest BCUT2D eigenvalue weighted by Crippen LogP contribution is -2.30. The number of hydrogen-bond acceptors (Lipinski definition) is 5. The summed E-state index contributed by atoms with van der Waals surface area (Å²) in [5.74, 6) is -0.956. The number of halogens is 1. The number of carboxylic acids is 1. The van der Waals surface area contributed by atoms with E-state index in [0.717, 1.165) is 10.6 Å². The first-order valence-electron chi connectivity index (χ1n) is 6.74. The van der Waals surface area contributed by atoms with E-state index in [9.17, 15) is 9.59 Å². The van der Waals surface area contributed by atoms with Gasteiger partial charge in [-0.2, -0.15) is 0 Å². The molecule has 1 heterocycles. The zero-order chi connectivity index (χ0) is 16.7. The Morgan fingerprint density at radius 3 is 2.52 bits per heavy atom. The molecule has 0 aliphatic rings. The number of urea groups is 1. The summed E-state index contributed by atoms with van der Waals surface area (Å²) in [5, 5.41) is 16.8. The Bertz CT molecular complexity index is 675. The predicted molar refractivity (Wildman–Crippen MR) is 90.2 cm³/mol. The largest absolute Gasteiger partial charge is 0.481 e. The van der Waals surface area contributed by atoms with Crippen molar-refractivity contribution in [1.82, 2.24) is 10.3 Å². The molecule has 0 aliphatic carbocycles. The van der Waals surface area contributed by atoms with Crippen molar-refractivity contribution in [2.24, 2.45) is 0 Å². The Labute approximate surface area is 141 Å². The smallest absolute Gasteiger partial charge is 0.319 e. The summed E-state index contributed by atoms with van der Waals surface area (Å²) in [6.45, 7) is 0.699. The molecule has 2 rings (SSSR count). The van der Waals surface area contributed by atoms with Crippen molar-refractivity contribution in [2.75, 3.05) is 17.2 Å². The van der Waals surface area contributed by atoms with E-state index in [4.69, 9.17) is 16.7 Å². The summed E-state index contributed by atoms with van der Waals surface area (Å²) in [4.78, 5) is 26.9. The van der Waals surface area contributed by atoms with Crippen LogP contribution in [-0.4, -0.2) is 28.6 Å². The fraction of sp³-hybridized carbons (Fsp3) is 0.214. The SMILES string of the molecule is O=C(O)CCNC(=O)Nc1ccc(NCc2cnc(Cl)s2)cc1. The van der Waals surface area contributed by atoms with Crippen LogP contribution in [0.5, 0.6) is 0 Å². The first-order chi connectivity index (χ1) is 11.0. The number of carbonyl (C=O) groups is 2. The monoisotopic (exact) mass is 354 g/mol. The molecule has 122 valence electrons. The van der Waals surface area contributed by atoms with Gasteiger partial charge in [0, 0.05) is 29.0 Å². The maximum atomic E-state index is 11.5. The molecule has 4 N–H and O–H groups in total. The number of aromatic nitrogens is 1. The summed E-state index contributed by atoms with van der Waals surface area (Å²) in [6.07, 6.45) is 1.61. The van der Waals surface area contributed by atoms with E-state index in [1.807, 2.05) is 12.1 Å². The lowest BCUT2D eigenvalue weighted by Gasteiger charge is -2.08. The normalized spacial score (nSPS) is 10.1. The second-order valence-electron chi connectivity index (χ2n) is 4.54. The van der Waals surface area contributed by atoms with Gasteiger partial charge in [-0.15, -0.1) is 11.3 Å². The van der Waals surface area contributed by atoms with Crippen molar-refractivity contribution in [3.63, 3.8) is 0 Å². The van der Waals surface area contributed by atoms with Crippen molar-refractivity contribution in [1.29, 1.82) is 0 Å². The maximum absolute atomic E-state index is 11.5. The van der Waals surface area contributed by atoms with Crippen molar-refractivity contribution in [2.45, 2.75) is 13.0 Å². The van der Waals surface area contributed by atoms with Gasteiger partial charge in [0.05, 0.1) is 13.0 Å². The van der Waals surface area contributed by atoms with Gasteiger partial charge < -0.3 is 21.1 Å². The van der Waals surface area contributed by atoms with Gasteiger partial charge in [-0.1, -0.05) is 11.6 Å². The number of nitrogens with one attached hydrogen (secondary N) is 3. The molecule has 23 heavy (non-hydrogen) atoms. The van der Waals surface area contributed by atoms with E-state index >= 15 is 0 Å². The first kappa shape index (κ1) is 17.0. The molecule has 7 nitrogen and oxygen atoms in total. The van der Waals surface area contributed by atoms with Crippen molar-refractivity contribution in [3.05, 3.63) is 39.8 Å². The standard InChI is InChI=1S/C14H15ClN4O3S/c15-13-18-8-11(23-13)7-17-9-1-3-10(4-2-9)19-14(22)16-6-5-12(20)21/h1-4,8,17H,5-7H2,(H,20,21)(H2,16,19,22). The Hall–Kier alpha value is -2.32. The number of thiazole rings is 1. The lowest BCUT2D eigenvalue weighted by atomic mass is 10.3. The molecule has 9 heteroatoms. The number of benzene rings is 1. The van der Waals surface area contributed by atoms with E-state index in [1.54, 1.807) is 18.3 Å². The number of rotatable bonds is 7. The zero-order valence-electron chi connectivity index (χ0n) is 12.0. The van der Waals surface area contributed by atoms with Crippen LogP contribution in [0.25, 0.3) is 0 Å². The molecule has 0 spiro atoms. The number of nitrogens with zero attached hydrogens (tertiary/aromatic N) is 1. The molecule has 1 aromatic carbocycles. The van der Waals surface area contributed by atoms with Crippen LogP contribution in [0, 0.1) is 0 Å². The average Bonchev–Trinajstić information content (AvgIpc) is 2.92. The molecule has 2 amide bonds. The van der Waals surface area contributed by atoms with E-state index in [1.165, 1.54) is 11.3 Å². The summed E-state index contributed by atoms with van der Waals surface area (Å²) < 4.78 is 0.509. The molecule has 2 aromatic rings. The zero-order valence-corrected chi connectivity index (χ0v) is 13.6. The van der Waals surface area contributed by atoms with Gasteiger partial charge in [0.25, 0.3) is 0 Å². The molecule has 0 radical (unpaired) electrons. The quantitative estimate of drug-likeness (QED) is 0.612. The number of aliphatic carboxylic acids is 1. The summed E-state index contributed by atoms with van der Waals surface area (Å²) in [7, 11) is 0. The van der Waals surface area contributed by atoms with Crippen LogP contribution in [0.2, 0.25) is 4.47 Å². The summed E-state index contributed by atoms with van der Waals surface area (Å²) in [5.41, 5.74) is 1.51. The molecule has 0 fully saturated rings. The molecular formula is C14H15ClN4O3S. The third-order valence-corrected chi connectivity index (χ3v) is 3.87. The van der Waals surface area contributed by atoms with Crippen molar-refractivity contribution >= 4 is 46.3 Å². The van der Waals surface area contributed by atoms with Crippen LogP contribution >= 0.6 is 22.9 Å². The molecule has 0 saturated carbocycles. The average molecular weight is 355 g/mol. The third-order valence-electron chi connectivity index (χ3n) is 2.76. The Morgan fingerprint density at radius 2 is 1.91 bits per heavy atom. The molecule has 0 unspecified atom stereocenters. The number of amides is 2. The topological polar surface area (TPSA) is 103 Å². The van der Waals surface area contributed by atoms with Gasteiger partial charge in [-0.05, 0) is 24.3 Å². The van der Waals surface area contributed by atoms with E-state index < -0.39 is 12.0 Å². The number of carbonyl (C=O) groups excluding carboxylic acids is 1. The first-order valence-corrected chi connectivity index (χ1v) is 7.93. The van der Waals surface area contributed by atoms with Gasteiger partial charge >= 0.3 is 12.0 Å². The van der Waals surface area contributed by atoms with E-state index in [-0.39, 0.29) is 13.0 Å². The van der Waals surface area contributed by atoms with Gasteiger partial charge in [0.15, 0.2) is 4.47 Å². The van der Waals surface area contributed by atoms with E-state index in [2.05, 4.69) is 20.9 Å². The van der Waals surface area contributed by atoms with Gasteiger partial charge in [0.1, 0.15) is 0 Å². The number of anilines is 2. The minimum Gasteiger partial charge on any atom is -0.481 e. The van der Waals surface area contributed by atoms with Gasteiger partial charge in [-0.3, -0.25) is 4.79 Å². The Balaban J connectivity index is 1.77. The Kier molecular flexibility index (Phi) is 6.19. The molecular weight excluding hydrogens is 340 g/mol. The molecule has 0 bridgehead atoms. The van der Waals surface area contributed by atoms with Crippen molar-refractivity contribution in [3.8, 4) is 0 Å². The molecule has 0 atom stereocenters. The predicted octanol–water partition coefficient (Wildman–Crippen LogP) is 3.00. The van der Waals surface area contributed by atoms with Crippen LogP contribution in [0.15, 0.2) is 30.5 Å². The molecule has 1 aromatic heterocycles. The van der Waals surface area contributed by atoms with Gasteiger partial charge in [0.2, 0.25) is 0 Å². The highest BCUT2D eigenvalue weighted by Crippen LogP contribution is 2.20. The third kappa shape index (κ3) is 6.13. The second-order valence-corrected chi connectivity index (χ2v) is 6.23. The van der Waals surface area contributed by atoms with Crippen LogP contribution in [0.3, 0.4) is 0 Å². The lowest BCUT2D eigenvalue weighted by molar-refractivity contribution is -0.136. The summed E-state index contributed by atoms with van der Waals surface area (Å²) >= 11 is 7.18. The second kappa shape index (κ2) is 8.35. The minimum absolute atomic E-state index is 0.0816. The highest BCUT2D eigenvalue weighted by atomic mass is 35.5. The van der Waals surface area contributed by atoms with Crippen LogP contribution < -0.4 is 16.0 Å².